The van der Waals surface area contributed by atoms with Crippen molar-refractivity contribution in [3.8, 4) is 5.75 Å². The molecule has 1 aromatic rings. The summed E-state index contributed by atoms with van der Waals surface area (Å²) < 4.78 is 5.56. The van der Waals surface area contributed by atoms with E-state index in [9.17, 15) is 4.79 Å². The van der Waals surface area contributed by atoms with Crippen LogP contribution in [-0.2, 0) is 4.79 Å². The number of ketones is 1. The summed E-state index contributed by atoms with van der Waals surface area (Å²) in [4.78, 5) is 11.8. The van der Waals surface area contributed by atoms with Crippen LogP contribution in [0.15, 0.2) is 18.2 Å². The van der Waals surface area contributed by atoms with Crippen molar-refractivity contribution in [2.45, 2.75) is 32.2 Å². The van der Waals surface area contributed by atoms with Gasteiger partial charge in [-0.3, -0.25) is 4.79 Å². The van der Waals surface area contributed by atoms with E-state index in [0.29, 0.717) is 13.0 Å². The molecule has 0 radical (unpaired) electrons. The number of nitrogens with one attached hydrogen (secondary N) is 1. The highest BCUT2D eigenvalue weighted by Crippen LogP contribution is 2.21. The van der Waals surface area contributed by atoms with Crippen molar-refractivity contribution >= 4 is 17.4 Å². The Kier molecular flexibility index (Phi) is 4.61. The van der Waals surface area contributed by atoms with Gasteiger partial charge in [-0.15, -0.1) is 0 Å². The molecule has 1 fully saturated rings. The van der Waals surface area contributed by atoms with Gasteiger partial charge in [0.15, 0.2) is 5.78 Å². The number of ether oxygens (including phenoxy) is 1. The molecule has 0 aromatic heterocycles. The van der Waals surface area contributed by atoms with E-state index in [1.54, 1.807) is 0 Å². The number of benzene rings is 1. The summed E-state index contributed by atoms with van der Waals surface area (Å²) in [6.07, 6.45) is 2.51. The number of hydrogen-bond donors (Lipinski definition) is 1. The Morgan fingerprint density at radius 3 is 3.06 bits per heavy atom. The van der Waals surface area contributed by atoms with Crippen LogP contribution in [0.2, 0.25) is 5.02 Å². The van der Waals surface area contributed by atoms with Crippen LogP contribution < -0.4 is 10.1 Å². The molecule has 18 heavy (non-hydrogen) atoms. The van der Waals surface area contributed by atoms with Gasteiger partial charge in [-0.1, -0.05) is 11.6 Å². The number of aryl methyl sites for hydroxylation is 1. The number of carbonyl (C=O) groups excluding carboxylic acids is 1. The maximum Gasteiger partial charge on any atom is 0.153 e. The third-order valence-corrected chi connectivity index (χ3v) is 3.62. The van der Waals surface area contributed by atoms with Gasteiger partial charge in [0.25, 0.3) is 0 Å². The van der Waals surface area contributed by atoms with Crippen LogP contribution >= 0.6 is 11.6 Å². The fourth-order valence-corrected chi connectivity index (χ4v) is 2.23. The van der Waals surface area contributed by atoms with Gasteiger partial charge in [0.1, 0.15) is 5.75 Å². The summed E-state index contributed by atoms with van der Waals surface area (Å²) in [5, 5.41) is 3.93. The second-order valence-electron chi connectivity index (χ2n) is 4.62. The minimum Gasteiger partial charge on any atom is -0.493 e. The lowest BCUT2D eigenvalue weighted by Crippen LogP contribution is -2.31. The molecule has 1 unspecified atom stereocenters. The van der Waals surface area contributed by atoms with Gasteiger partial charge >= 0.3 is 0 Å². The number of halogens is 1. The molecule has 1 aliphatic rings. The maximum absolute atomic E-state index is 11.8. The van der Waals surface area contributed by atoms with Crippen LogP contribution in [0.5, 0.6) is 5.75 Å². The molecule has 1 atom stereocenters. The molecule has 0 bridgehead atoms. The lowest BCUT2D eigenvalue weighted by Gasteiger charge is -2.10. The van der Waals surface area contributed by atoms with E-state index >= 15 is 0 Å². The molecule has 1 heterocycles. The molecule has 2 rings (SSSR count). The van der Waals surface area contributed by atoms with Gasteiger partial charge in [-0.25, -0.2) is 0 Å². The Labute approximate surface area is 112 Å². The number of rotatable bonds is 5. The highest BCUT2D eigenvalue weighted by atomic mass is 35.5. The Hall–Kier alpha value is -1.06. The first-order valence-electron chi connectivity index (χ1n) is 6.32. The van der Waals surface area contributed by atoms with Crippen LogP contribution in [0.4, 0.5) is 0 Å². The highest BCUT2D eigenvalue weighted by Gasteiger charge is 2.21. The second kappa shape index (κ2) is 6.21. The predicted molar refractivity (Wildman–Crippen MR) is 72.3 cm³/mol. The van der Waals surface area contributed by atoms with E-state index in [4.69, 9.17) is 16.3 Å². The molecule has 0 spiro atoms. The lowest BCUT2D eigenvalue weighted by molar-refractivity contribution is -0.121. The molecule has 0 aliphatic carbocycles. The molecule has 3 nitrogen and oxygen atoms in total. The van der Waals surface area contributed by atoms with Gasteiger partial charge < -0.3 is 10.1 Å². The van der Waals surface area contributed by atoms with E-state index in [-0.39, 0.29) is 11.8 Å². The van der Waals surface area contributed by atoms with Crippen LogP contribution in [0, 0.1) is 6.92 Å². The average Bonchev–Trinajstić information content (AvgIpc) is 2.87. The molecule has 1 aromatic carbocycles. The molecular weight excluding hydrogens is 250 g/mol. The monoisotopic (exact) mass is 267 g/mol. The van der Waals surface area contributed by atoms with Crippen molar-refractivity contribution in [1.82, 2.24) is 5.32 Å². The zero-order valence-electron chi connectivity index (χ0n) is 10.5. The van der Waals surface area contributed by atoms with Crippen molar-refractivity contribution in [2.75, 3.05) is 13.2 Å². The highest BCUT2D eigenvalue weighted by molar-refractivity contribution is 6.31. The summed E-state index contributed by atoms with van der Waals surface area (Å²) in [7, 11) is 0. The minimum atomic E-state index is 0.0422. The van der Waals surface area contributed by atoms with Crippen molar-refractivity contribution in [3.05, 3.63) is 28.8 Å². The molecule has 0 saturated carbocycles. The van der Waals surface area contributed by atoms with Crippen LogP contribution in [0.1, 0.15) is 24.8 Å². The molecule has 1 saturated heterocycles. The zero-order chi connectivity index (χ0) is 13.0. The van der Waals surface area contributed by atoms with E-state index in [1.807, 2.05) is 25.1 Å². The second-order valence-corrected chi connectivity index (χ2v) is 5.03. The Morgan fingerprint density at radius 2 is 2.39 bits per heavy atom. The van der Waals surface area contributed by atoms with Crippen molar-refractivity contribution < 1.29 is 9.53 Å². The van der Waals surface area contributed by atoms with Gasteiger partial charge in [-0.2, -0.15) is 0 Å². The minimum absolute atomic E-state index is 0.0422. The topological polar surface area (TPSA) is 38.3 Å². The van der Waals surface area contributed by atoms with Crippen LogP contribution in [0.25, 0.3) is 0 Å². The lowest BCUT2D eigenvalue weighted by atomic mass is 10.1. The SMILES string of the molecule is Cc1cc(OCCC(=O)C2CCCN2)ccc1Cl. The third-order valence-electron chi connectivity index (χ3n) is 3.20. The van der Waals surface area contributed by atoms with Crippen LogP contribution in [-0.4, -0.2) is 25.0 Å². The van der Waals surface area contributed by atoms with E-state index in [1.165, 1.54) is 0 Å². The van der Waals surface area contributed by atoms with Gasteiger partial charge in [0.05, 0.1) is 12.6 Å². The smallest absolute Gasteiger partial charge is 0.153 e. The summed E-state index contributed by atoms with van der Waals surface area (Å²) in [5.41, 5.74) is 0.984. The Balaban J connectivity index is 1.77. The average molecular weight is 268 g/mol. The van der Waals surface area contributed by atoms with E-state index in [2.05, 4.69) is 5.32 Å². The summed E-state index contributed by atoms with van der Waals surface area (Å²) in [5.74, 6) is 1.02. The van der Waals surface area contributed by atoms with Crippen molar-refractivity contribution in [3.63, 3.8) is 0 Å². The maximum atomic E-state index is 11.8. The zero-order valence-corrected chi connectivity index (χ0v) is 11.3. The molecule has 1 aliphatic heterocycles. The molecule has 0 amide bonds. The molecule has 1 N–H and O–H groups in total. The quantitative estimate of drug-likeness (QED) is 0.892. The fraction of sp³-hybridized carbons (Fsp3) is 0.500. The predicted octanol–water partition coefficient (Wildman–Crippen LogP) is 2.74. The van der Waals surface area contributed by atoms with E-state index < -0.39 is 0 Å². The molecule has 98 valence electrons. The summed E-state index contributed by atoms with van der Waals surface area (Å²) in [6.45, 7) is 3.31. The number of carbonyl (C=O) groups is 1. The summed E-state index contributed by atoms with van der Waals surface area (Å²) in [6, 6.07) is 5.57. The van der Waals surface area contributed by atoms with Crippen molar-refractivity contribution in [1.29, 1.82) is 0 Å². The summed E-state index contributed by atoms with van der Waals surface area (Å²) >= 11 is 5.93. The number of hydrogen-bond acceptors (Lipinski definition) is 3. The molecular formula is C14H18ClNO2. The largest absolute Gasteiger partial charge is 0.493 e. The van der Waals surface area contributed by atoms with Gasteiger partial charge in [0.2, 0.25) is 0 Å². The first-order valence-corrected chi connectivity index (χ1v) is 6.69. The fourth-order valence-electron chi connectivity index (χ4n) is 2.11. The van der Waals surface area contributed by atoms with Gasteiger partial charge in [-0.05, 0) is 50.1 Å². The first kappa shape index (κ1) is 13.4. The van der Waals surface area contributed by atoms with E-state index in [0.717, 1.165) is 35.7 Å². The normalized spacial score (nSPS) is 18.9. The first-order chi connectivity index (χ1) is 8.66. The Bertz CT molecular complexity index is 428. The standard InChI is InChI=1S/C14H18ClNO2/c1-10-9-11(4-5-12(10)15)18-8-6-14(17)13-3-2-7-16-13/h4-5,9,13,16H,2-3,6-8H2,1H3. The third kappa shape index (κ3) is 3.47. The Morgan fingerprint density at radius 1 is 1.56 bits per heavy atom. The van der Waals surface area contributed by atoms with Gasteiger partial charge in [0, 0.05) is 11.4 Å². The molecule has 4 heteroatoms. The number of Topliss-reactive ketones (excluding diaryl/α,β-unsaturated/α-hetero) is 1. The van der Waals surface area contributed by atoms with Crippen molar-refractivity contribution in [2.24, 2.45) is 0 Å². The van der Waals surface area contributed by atoms with Crippen LogP contribution in [0.3, 0.4) is 0 Å².